The zero-order valence-electron chi connectivity index (χ0n) is 11.6. The smallest absolute Gasteiger partial charge is 0.335 e. The average Bonchev–Trinajstić information content (AvgIpc) is 2.46. The molecular formula is C15H14N2O4. The maximum Gasteiger partial charge on any atom is 0.335 e. The van der Waals surface area contributed by atoms with E-state index >= 15 is 0 Å². The largest absolute Gasteiger partial charge is 0.480 e. The van der Waals surface area contributed by atoms with Crippen molar-refractivity contribution in [2.75, 3.05) is 12.4 Å². The molecule has 0 aliphatic carbocycles. The van der Waals surface area contributed by atoms with Crippen molar-refractivity contribution in [2.45, 2.75) is 6.92 Å². The fraction of sp³-hybridized carbons (Fsp3) is 0.133. The van der Waals surface area contributed by atoms with Gasteiger partial charge in [-0.15, -0.1) is 0 Å². The van der Waals surface area contributed by atoms with Crippen molar-refractivity contribution in [1.82, 2.24) is 4.98 Å². The molecule has 0 fully saturated rings. The van der Waals surface area contributed by atoms with Gasteiger partial charge in [-0.25, -0.2) is 9.78 Å². The number of nitrogens with one attached hydrogen (secondary N) is 1. The van der Waals surface area contributed by atoms with Crippen LogP contribution in [0.15, 0.2) is 36.5 Å². The number of rotatable bonds is 4. The van der Waals surface area contributed by atoms with Crippen molar-refractivity contribution in [2.24, 2.45) is 0 Å². The summed E-state index contributed by atoms with van der Waals surface area (Å²) in [5.41, 5.74) is 1.58. The Bertz CT molecular complexity index is 698. The molecule has 108 valence electrons. The van der Waals surface area contributed by atoms with Gasteiger partial charge in [0.1, 0.15) is 5.56 Å². The molecule has 0 bridgehead atoms. The van der Waals surface area contributed by atoms with Gasteiger partial charge in [0.05, 0.1) is 12.7 Å². The molecule has 6 heteroatoms. The average molecular weight is 286 g/mol. The van der Waals surface area contributed by atoms with Gasteiger partial charge in [0.15, 0.2) is 0 Å². The summed E-state index contributed by atoms with van der Waals surface area (Å²) in [6, 6.07) is 7.82. The van der Waals surface area contributed by atoms with Crippen LogP contribution in [0.2, 0.25) is 0 Å². The first-order valence-corrected chi connectivity index (χ1v) is 6.17. The van der Waals surface area contributed by atoms with Gasteiger partial charge in [-0.3, -0.25) is 4.79 Å². The molecule has 0 unspecified atom stereocenters. The molecule has 1 aromatic carbocycles. The van der Waals surface area contributed by atoms with Crippen LogP contribution < -0.4 is 10.1 Å². The van der Waals surface area contributed by atoms with Crippen LogP contribution in [0.4, 0.5) is 5.69 Å². The topological polar surface area (TPSA) is 88.5 Å². The van der Waals surface area contributed by atoms with E-state index in [4.69, 9.17) is 9.84 Å². The molecule has 1 aromatic heterocycles. The number of carbonyl (C=O) groups is 2. The Morgan fingerprint density at radius 2 is 2.00 bits per heavy atom. The summed E-state index contributed by atoms with van der Waals surface area (Å²) >= 11 is 0. The number of carboxylic acids is 1. The van der Waals surface area contributed by atoms with Gasteiger partial charge < -0.3 is 15.2 Å². The number of aromatic nitrogens is 1. The molecular weight excluding hydrogens is 272 g/mol. The number of amides is 1. The van der Waals surface area contributed by atoms with Gasteiger partial charge in [-0.05, 0) is 42.8 Å². The molecule has 0 saturated heterocycles. The zero-order valence-corrected chi connectivity index (χ0v) is 11.6. The summed E-state index contributed by atoms with van der Waals surface area (Å²) < 4.78 is 5.03. The van der Waals surface area contributed by atoms with E-state index in [2.05, 4.69) is 10.3 Å². The number of pyridine rings is 1. The Labute approximate surface area is 121 Å². The van der Waals surface area contributed by atoms with Crippen LogP contribution in [0.25, 0.3) is 0 Å². The van der Waals surface area contributed by atoms with Crippen molar-refractivity contribution in [3.8, 4) is 5.88 Å². The lowest BCUT2D eigenvalue weighted by molar-refractivity contribution is 0.0696. The molecule has 0 atom stereocenters. The van der Waals surface area contributed by atoms with E-state index in [9.17, 15) is 9.59 Å². The van der Waals surface area contributed by atoms with Crippen LogP contribution in [0, 0.1) is 6.92 Å². The number of anilines is 1. The highest BCUT2D eigenvalue weighted by Gasteiger charge is 2.14. The first-order chi connectivity index (χ1) is 10.0. The molecule has 0 spiro atoms. The minimum absolute atomic E-state index is 0.201. The second-order valence-corrected chi connectivity index (χ2v) is 4.35. The molecule has 6 nitrogen and oxygen atoms in total. The second-order valence-electron chi connectivity index (χ2n) is 4.35. The normalized spacial score (nSPS) is 10.0. The van der Waals surface area contributed by atoms with Crippen LogP contribution >= 0.6 is 0 Å². The number of carboxylic acid groups (broad SMARTS) is 1. The van der Waals surface area contributed by atoms with Crippen molar-refractivity contribution in [3.63, 3.8) is 0 Å². The number of aryl methyl sites for hydroxylation is 1. The Balaban J connectivity index is 2.24. The Kier molecular flexibility index (Phi) is 4.18. The fourth-order valence-electron chi connectivity index (χ4n) is 1.91. The zero-order chi connectivity index (χ0) is 15.4. The number of methoxy groups -OCH3 is 1. The lowest BCUT2D eigenvalue weighted by Crippen LogP contribution is -2.14. The molecule has 0 saturated carbocycles. The number of nitrogens with zero attached hydrogens (tertiary/aromatic N) is 1. The van der Waals surface area contributed by atoms with Crippen LogP contribution in [-0.4, -0.2) is 29.1 Å². The summed E-state index contributed by atoms with van der Waals surface area (Å²) in [7, 11) is 1.44. The molecule has 0 aliphatic rings. The molecule has 2 rings (SSSR count). The van der Waals surface area contributed by atoms with Crippen LogP contribution in [0.3, 0.4) is 0 Å². The summed E-state index contributed by atoms with van der Waals surface area (Å²) in [4.78, 5) is 27.1. The highest BCUT2D eigenvalue weighted by molar-refractivity contribution is 6.06. The lowest BCUT2D eigenvalue weighted by Gasteiger charge is -2.09. The van der Waals surface area contributed by atoms with Gasteiger partial charge in [0.25, 0.3) is 5.91 Å². The number of hydrogen-bond acceptors (Lipinski definition) is 4. The quantitative estimate of drug-likeness (QED) is 0.900. The van der Waals surface area contributed by atoms with E-state index in [1.807, 2.05) is 0 Å². The number of benzene rings is 1. The summed E-state index contributed by atoms with van der Waals surface area (Å²) in [5, 5.41) is 11.7. The van der Waals surface area contributed by atoms with E-state index in [1.165, 1.54) is 25.4 Å². The van der Waals surface area contributed by atoms with Gasteiger partial charge in [-0.1, -0.05) is 0 Å². The number of ether oxygens (including phenoxy) is 1. The monoisotopic (exact) mass is 286 g/mol. The van der Waals surface area contributed by atoms with Gasteiger partial charge in [-0.2, -0.15) is 0 Å². The SMILES string of the molecule is COc1ncccc1C(=O)Nc1ccc(C(=O)O)c(C)c1. The first kappa shape index (κ1) is 14.5. The Morgan fingerprint density at radius 1 is 1.24 bits per heavy atom. The highest BCUT2D eigenvalue weighted by Crippen LogP contribution is 2.19. The number of aromatic carboxylic acids is 1. The molecule has 1 amide bonds. The van der Waals surface area contributed by atoms with Gasteiger partial charge >= 0.3 is 5.97 Å². The minimum Gasteiger partial charge on any atom is -0.480 e. The van der Waals surface area contributed by atoms with E-state index in [0.29, 0.717) is 16.8 Å². The summed E-state index contributed by atoms with van der Waals surface area (Å²) in [5.74, 6) is -1.14. The lowest BCUT2D eigenvalue weighted by atomic mass is 10.1. The molecule has 0 aliphatic heterocycles. The Morgan fingerprint density at radius 3 is 2.62 bits per heavy atom. The maximum atomic E-state index is 12.2. The minimum atomic E-state index is -1.00. The van der Waals surface area contributed by atoms with Crippen LogP contribution in [0.5, 0.6) is 5.88 Å². The van der Waals surface area contributed by atoms with E-state index in [-0.39, 0.29) is 17.4 Å². The predicted octanol–water partition coefficient (Wildman–Crippen LogP) is 2.35. The fourth-order valence-corrected chi connectivity index (χ4v) is 1.91. The van der Waals surface area contributed by atoms with Crippen molar-refractivity contribution in [3.05, 3.63) is 53.2 Å². The van der Waals surface area contributed by atoms with Crippen molar-refractivity contribution < 1.29 is 19.4 Å². The first-order valence-electron chi connectivity index (χ1n) is 6.17. The van der Waals surface area contributed by atoms with E-state index < -0.39 is 5.97 Å². The standard InChI is InChI=1S/C15H14N2O4/c1-9-8-10(5-6-11(9)15(19)20)17-13(18)12-4-3-7-16-14(12)21-2/h3-8H,1-2H3,(H,17,18)(H,19,20). The highest BCUT2D eigenvalue weighted by atomic mass is 16.5. The van der Waals surface area contributed by atoms with Gasteiger partial charge in [0.2, 0.25) is 5.88 Å². The molecule has 21 heavy (non-hydrogen) atoms. The van der Waals surface area contributed by atoms with Crippen LogP contribution in [0.1, 0.15) is 26.3 Å². The third-order valence-corrected chi connectivity index (χ3v) is 2.92. The number of carbonyl (C=O) groups excluding carboxylic acids is 1. The number of hydrogen-bond donors (Lipinski definition) is 2. The summed E-state index contributed by atoms with van der Waals surface area (Å²) in [6.07, 6.45) is 1.53. The van der Waals surface area contributed by atoms with Crippen molar-refractivity contribution >= 4 is 17.6 Å². The molecule has 1 heterocycles. The molecule has 2 N–H and O–H groups in total. The van der Waals surface area contributed by atoms with Crippen LogP contribution in [-0.2, 0) is 0 Å². The maximum absolute atomic E-state index is 12.2. The van der Waals surface area contributed by atoms with Gasteiger partial charge in [0, 0.05) is 11.9 Å². The van der Waals surface area contributed by atoms with E-state index in [1.54, 1.807) is 25.1 Å². The second kappa shape index (κ2) is 6.04. The van der Waals surface area contributed by atoms with E-state index in [0.717, 1.165) is 0 Å². The third-order valence-electron chi connectivity index (χ3n) is 2.92. The third kappa shape index (κ3) is 3.17. The Hall–Kier alpha value is -2.89. The molecule has 0 radical (unpaired) electrons. The van der Waals surface area contributed by atoms with Crippen molar-refractivity contribution in [1.29, 1.82) is 0 Å². The molecule has 2 aromatic rings. The summed E-state index contributed by atoms with van der Waals surface area (Å²) in [6.45, 7) is 1.67. The predicted molar refractivity (Wildman–Crippen MR) is 76.9 cm³/mol.